The number of carbonyl (C=O) groups is 1. The van der Waals surface area contributed by atoms with Crippen LogP contribution in [0.3, 0.4) is 0 Å². The van der Waals surface area contributed by atoms with Gasteiger partial charge in [-0.05, 0) is 72.6 Å². The summed E-state index contributed by atoms with van der Waals surface area (Å²) >= 11 is 1.12. The molecule has 0 aromatic heterocycles. The molecule has 0 spiro atoms. The second-order valence-electron chi connectivity index (χ2n) is 5.91. The van der Waals surface area contributed by atoms with Crippen molar-refractivity contribution in [3.8, 4) is 11.5 Å². The van der Waals surface area contributed by atoms with Gasteiger partial charge in [0.2, 0.25) is 0 Å². The molecule has 134 valence electrons. The maximum Gasteiger partial charge on any atom is 0.264 e. The lowest BCUT2D eigenvalue weighted by Crippen LogP contribution is -2.18. The van der Waals surface area contributed by atoms with Gasteiger partial charge in [-0.2, -0.15) is 0 Å². The van der Waals surface area contributed by atoms with E-state index in [1.165, 1.54) is 11.1 Å². The average molecular weight is 368 g/mol. The molecule has 1 heterocycles. The number of carbonyl (C=O) groups excluding carboxylic acids is 1. The fourth-order valence-corrected chi connectivity index (χ4v) is 3.11. The van der Waals surface area contributed by atoms with Crippen molar-refractivity contribution in [1.82, 2.24) is 5.32 Å². The molecule has 6 heteroatoms. The van der Waals surface area contributed by atoms with Gasteiger partial charge >= 0.3 is 0 Å². The molecule has 2 aromatic carbocycles. The van der Waals surface area contributed by atoms with Crippen molar-refractivity contribution in [3.05, 3.63) is 64.1 Å². The quantitative estimate of drug-likeness (QED) is 0.599. The van der Waals surface area contributed by atoms with Crippen molar-refractivity contribution in [2.75, 3.05) is 13.2 Å². The van der Waals surface area contributed by atoms with Gasteiger partial charge in [-0.15, -0.1) is 0 Å². The molecule has 3 rings (SSSR count). The van der Waals surface area contributed by atoms with E-state index in [4.69, 9.17) is 14.9 Å². The third kappa shape index (κ3) is 4.67. The van der Waals surface area contributed by atoms with Gasteiger partial charge in [-0.3, -0.25) is 10.2 Å². The second kappa shape index (κ2) is 8.10. The Hall–Kier alpha value is -2.73. The summed E-state index contributed by atoms with van der Waals surface area (Å²) in [6, 6.07) is 13.5. The monoisotopic (exact) mass is 368 g/mol. The summed E-state index contributed by atoms with van der Waals surface area (Å²) in [5.41, 5.74) is 3.29. The molecule has 0 atom stereocenters. The van der Waals surface area contributed by atoms with Crippen LogP contribution in [0.5, 0.6) is 11.5 Å². The predicted molar refractivity (Wildman–Crippen MR) is 105 cm³/mol. The third-order valence-corrected chi connectivity index (χ3v) is 4.75. The highest BCUT2D eigenvalue weighted by atomic mass is 32.2. The Labute approximate surface area is 156 Å². The zero-order chi connectivity index (χ0) is 18.5. The molecular formula is C20H20N2O3S. The molecule has 5 nitrogen and oxygen atoms in total. The topological polar surface area (TPSA) is 71.4 Å². The molecule has 1 aliphatic heterocycles. The summed E-state index contributed by atoms with van der Waals surface area (Å²) in [5, 5.41) is 10.1. The molecule has 1 saturated heterocycles. The number of benzene rings is 2. The third-order valence-electron chi connectivity index (χ3n) is 3.92. The van der Waals surface area contributed by atoms with Gasteiger partial charge in [0.1, 0.15) is 24.7 Å². The number of amides is 1. The lowest BCUT2D eigenvalue weighted by Gasteiger charge is -2.10. The van der Waals surface area contributed by atoms with E-state index >= 15 is 0 Å². The van der Waals surface area contributed by atoms with Crippen molar-refractivity contribution in [2.24, 2.45) is 0 Å². The van der Waals surface area contributed by atoms with E-state index in [0.717, 1.165) is 23.1 Å². The van der Waals surface area contributed by atoms with E-state index in [0.29, 0.717) is 23.9 Å². The number of hydrogen-bond acceptors (Lipinski definition) is 5. The van der Waals surface area contributed by atoms with E-state index in [1.54, 1.807) is 6.08 Å². The predicted octanol–water partition coefficient (Wildman–Crippen LogP) is 3.90. The first-order chi connectivity index (χ1) is 12.5. The van der Waals surface area contributed by atoms with Crippen molar-refractivity contribution >= 4 is 28.9 Å². The van der Waals surface area contributed by atoms with Crippen LogP contribution in [0.4, 0.5) is 0 Å². The molecular weight excluding hydrogens is 348 g/mol. The van der Waals surface area contributed by atoms with Gasteiger partial charge in [0.15, 0.2) is 5.17 Å². The van der Waals surface area contributed by atoms with Crippen LogP contribution in [0.25, 0.3) is 6.08 Å². The number of aryl methyl sites for hydroxylation is 2. The molecule has 1 fully saturated rings. The summed E-state index contributed by atoms with van der Waals surface area (Å²) in [4.78, 5) is 12.2. The van der Waals surface area contributed by atoms with Gasteiger partial charge in [0, 0.05) is 0 Å². The fourth-order valence-electron chi connectivity index (χ4n) is 2.41. The van der Waals surface area contributed by atoms with Crippen molar-refractivity contribution in [3.63, 3.8) is 0 Å². The number of rotatable bonds is 6. The van der Waals surface area contributed by atoms with Crippen molar-refractivity contribution in [1.29, 1.82) is 5.41 Å². The molecule has 1 aliphatic rings. The summed E-state index contributed by atoms with van der Waals surface area (Å²) in [5.74, 6) is 1.30. The number of hydrogen-bond donors (Lipinski definition) is 2. The Bertz CT molecular complexity index is 877. The molecule has 2 N–H and O–H groups in total. The van der Waals surface area contributed by atoms with E-state index in [1.807, 2.05) is 42.5 Å². The number of thioether (sulfide) groups is 1. The van der Waals surface area contributed by atoms with Crippen LogP contribution in [0, 0.1) is 19.3 Å². The van der Waals surface area contributed by atoms with Gasteiger partial charge in [-0.1, -0.05) is 18.2 Å². The molecule has 0 unspecified atom stereocenters. The average Bonchev–Trinajstić information content (AvgIpc) is 2.92. The number of amidine groups is 1. The van der Waals surface area contributed by atoms with Crippen LogP contribution < -0.4 is 14.8 Å². The molecule has 0 bridgehead atoms. The van der Waals surface area contributed by atoms with Crippen molar-refractivity contribution < 1.29 is 14.3 Å². The minimum absolute atomic E-state index is 0.150. The zero-order valence-corrected chi connectivity index (χ0v) is 15.5. The normalized spacial score (nSPS) is 15.2. The summed E-state index contributed by atoms with van der Waals surface area (Å²) in [7, 11) is 0. The van der Waals surface area contributed by atoms with Gasteiger partial charge in [-0.25, -0.2) is 0 Å². The minimum atomic E-state index is -0.242. The molecule has 0 aliphatic carbocycles. The first-order valence-electron chi connectivity index (χ1n) is 8.23. The highest BCUT2D eigenvalue weighted by Gasteiger charge is 2.22. The van der Waals surface area contributed by atoms with E-state index in [-0.39, 0.29) is 11.1 Å². The maximum atomic E-state index is 11.7. The lowest BCUT2D eigenvalue weighted by atomic mass is 10.1. The zero-order valence-electron chi connectivity index (χ0n) is 14.7. The van der Waals surface area contributed by atoms with Gasteiger partial charge in [0.05, 0.1) is 4.91 Å². The van der Waals surface area contributed by atoms with Gasteiger partial charge in [0.25, 0.3) is 5.91 Å². The Kier molecular flexibility index (Phi) is 5.63. The highest BCUT2D eigenvalue weighted by molar-refractivity contribution is 8.18. The van der Waals surface area contributed by atoms with Crippen LogP contribution >= 0.6 is 11.8 Å². The summed E-state index contributed by atoms with van der Waals surface area (Å²) in [6.07, 6.45) is 1.75. The van der Waals surface area contributed by atoms with Crippen LogP contribution in [0.1, 0.15) is 16.7 Å². The van der Waals surface area contributed by atoms with E-state index < -0.39 is 0 Å². The maximum absolute atomic E-state index is 11.7. The van der Waals surface area contributed by atoms with Crippen molar-refractivity contribution in [2.45, 2.75) is 13.8 Å². The summed E-state index contributed by atoms with van der Waals surface area (Å²) in [6.45, 7) is 5.00. The van der Waals surface area contributed by atoms with Crippen LogP contribution in [0.2, 0.25) is 0 Å². The molecule has 2 aromatic rings. The fraction of sp³-hybridized carbons (Fsp3) is 0.200. The Morgan fingerprint density at radius 1 is 1.04 bits per heavy atom. The van der Waals surface area contributed by atoms with Crippen LogP contribution in [0.15, 0.2) is 47.4 Å². The van der Waals surface area contributed by atoms with E-state index in [2.05, 4.69) is 19.2 Å². The smallest absolute Gasteiger partial charge is 0.264 e. The Balaban J connectivity index is 1.54. The molecule has 0 saturated carbocycles. The minimum Gasteiger partial charge on any atom is -0.490 e. The van der Waals surface area contributed by atoms with Crippen LogP contribution in [-0.4, -0.2) is 24.3 Å². The van der Waals surface area contributed by atoms with Crippen LogP contribution in [-0.2, 0) is 4.79 Å². The summed E-state index contributed by atoms with van der Waals surface area (Å²) < 4.78 is 11.4. The van der Waals surface area contributed by atoms with Gasteiger partial charge < -0.3 is 14.8 Å². The largest absolute Gasteiger partial charge is 0.490 e. The lowest BCUT2D eigenvalue weighted by molar-refractivity contribution is -0.115. The number of ether oxygens (including phenoxy) is 2. The first-order valence-corrected chi connectivity index (χ1v) is 9.05. The Morgan fingerprint density at radius 2 is 1.77 bits per heavy atom. The first kappa shape index (κ1) is 18.1. The standard InChI is InChI=1S/C20H20N2O3S/c1-13-6-7-17(10-14(13)2)25-9-8-24-16-5-3-4-15(11-16)12-18-19(23)22-20(21)26-18/h3-7,10-12H,8-9H2,1-2H3,(H2,21,22,23). The molecule has 1 amide bonds. The highest BCUT2D eigenvalue weighted by Crippen LogP contribution is 2.26. The molecule has 0 radical (unpaired) electrons. The number of nitrogens with one attached hydrogen (secondary N) is 2. The second-order valence-corrected chi connectivity index (χ2v) is 6.96. The molecule has 26 heavy (non-hydrogen) atoms. The SMILES string of the molecule is Cc1ccc(OCCOc2cccc(C=C3SC(=N)NC3=O)c2)cc1C. The Morgan fingerprint density at radius 3 is 2.42 bits per heavy atom. The van der Waals surface area contributed by atoms with E-state index in [9.17, 15) is 4.79 Å².